The normalized spacial score (nSPS) is 11.3. The van der Waals surface area contributed by atoms with Crippen LogP contribution in [0.5, 0.6) is 0 Å². The molecule has 22 heavy (non-hydrogen) atoms. The number of carboxylic acids is 1. The molecule has 0 bridgehead atoms. The van der Waals surface area contributed by atoms with Crippen molar-refractivity contribution < 1.29 is 14.7 Å². The molecule has 0 aliphatic rings. The highest BCUT2D eigenvalue weighted by Crippen LogP contribution is 2.11. The Morgan fingerprint density at radius 2 is 1.36 bits per heavy atom. The Kier molecular flexibility index (Phi) is 13.2. The van der Waals surface area contributed by atoms with Crippen LogP contribution in [0.2, 0.25) is 0 Å². The van der Waals surface area contributed by atoms with Gasteiger partial charge in [0.15, 0.2) is 0 Å². The first-order valence-electron chi connectivity index (χ1n) is 8.94. The van der Waals surface area contributed by atoms with Gasteiger partial charge in [-0.05, 0) is 20.3 Å². The summed E-state index contributed by atoms with van der Waals surface area (Å²) in [6.45, 7) is 6.29. The van der Waals surface area contributed by atoms with Crippen LogP contribution in [0.1, 0.15) is 85.0 Å². The van der Waals surface area contributed by atoms with E-state index in [1.54, 1.807) is 4.90 Å². The number of hydrogen-bond acceptors (Lipinski definition) is 3. The smallest absolute Gasteiger partial charge is 0.317 e. The predicted octanol–water partition coefficient (Wildman–Crippen LogP) is 4.27. The van der Waals surface area contributed by atoms with Gasteiger partial charge >= 0.3 is 5.97 Å². The summed E-state index contributed by atoms with van der Waals surface area (Å²) in [6, 6.07) is 0.0863. The largest absolute Gasteiger partial charge is 0.480 e. The molecule has 0 atom stereocenters. The summed E-state index contributed by atoms with van der Waals surface area (Å²) in [7, 11) is 0. The van der Waals surface area contributed by atoms with Gasteiger partial charge in [0, 0.05) is 12.5 Å². The highest BCUT2D eigenvalue weighted by atomic mass is 16.4. The van der Waals surface area contributed by atoms with Crippen LogP contribution in [0.3, 0.4) is 0 Å². The first-order valence-corrected chi connectivity index (χ1v) is 8.94. The monoisotopic (exact) mass is 313 g/mol. The number of ketones is 1. The number of nitrogens with zero attached hydrogens (tertiary/aromatic N) is 1. The van der Waals surface area contributed by atoms with Gasteiger partial charge in [-0.15, -0.1) is 0 Å². The second-order valence-corrected chi connectivity index (χ2v) is 6.51. The molecule has 4 nitrogen and oxygen atoms in total. The molecule has 0 unspecified atom stereocenters. The molecular formula is C18H35NO3. The average molecular weight is 313 g/mol. The quantitative estimate of drug-likeness (QED) is 0.459. The van der Waals surface area contributed by atoms with Crippen molar-refractivity contribution in [1.82, 2.24) is 4.90 Å². The second kappa shape index (κ2) is 13.7. The Morgan fingerprint density at radius 1 is 0.864 bits per heavy atom. The number of carbonyl (C=O) groups excluding carboxylic acids is 1. The Balaban J connectivity index is 3.61. The summed E-state index contributed by atoms with van der Waals surface area (Å²) >= 11 is 0. The molecular weight excluding hydrogens is 278 g/mol. The van der Waals surface area contributed by atoms with E-state index in [-0.39, 0.29) is 24.9 Å². The van der Waals surface area contributed by atoms with Gasteiger partial charge in [-0.3, -0.25) is 14.5 Å². The molecule has 0 aliphatic carbocycles. The van der Waals surface area contributed by atoms with Crippen LogP contribution in [-0.4, -0.2) is 40.9 Å². The van der Waals surface area contributed by atoms with Gasteiger partial charge in [0.1, 0.15) is 5.78 Å². The van der Waals surface area contributed by atoms with Crippen molar-refractivity contribution in [2.24, 2.45) is 0 Å². The number of Topliss-reactive ketones (excluding diaryl/α,β-unsaturated/α-hetero) is 1. The summed E-state index contributed by atoms with van der Waals surface area (Å²) < 4.78 is 0. The predicted molar refractivity (Wildman–Crippen MR) is 91.2 cm³/mol. The Labute approximate surface area is 136 Å². The average Bonchev–Trinajstić information content (AvgIpc) is 2.44. The van der Waals surface area contributed by atoms with Gasteiger partial charge in [-0.2, -0.15) is 0 Å². The lowest BCUT2D eigenvalue weighted by Crippen LogP contribution is -2.39. The number of rotatable bonds is 15. The number of hydrogen-bond donors (Lipinski definition) is 1. The minimum Gasteiger partial charge on any atom is -0.480 e. The van der Waals surface area contributed by atoms with Crippen molar-refractivity contribution in [3.8, 4) is 0 Å². The third-order valence-electron chi connectivity index (χ3n) is 4.01. The maximum absolute atomic E-state index is 11.9. The summed E-state index contributed by atoms with van der Waals surface area (Å²) in [6.07, 6.45) is 11.8. The molecule has 0 rings (SSSR count). The molecule has 0 saturated carbocycles. The highest BCUT2D eigenvalue weighted by molar-refractivity contribution is 5.81. The minimum atomic E-state index is -0.871. The third kappa shape index (κ3) is 12.8. The summed E-state index contributed by atoms with van der Waals surface area (Å²) in [4.78, 5) is 24.4. The Morgan fingerprint density at radius 3 is 1.82 bits per heavy atom. The summed E-state index contributed by atoms with van der Waals surface area (Å²) in [5, 5.41) is 8.84. The third-order valence-corrected chi connectivity index (χ3v) is 4.01. The molecule has 1 N–H and O–H groups in total. The Bertz CT molecular complexity index is 303. The summed E-state index contributed by atoms with van der Waals surface area (Å²) in [5.74, 6) is -0.706. The Hall–Kier alpha value is -0.900. The highest BCUT2D eigenvalue weighted by Gasteiger charge is 2.16. The van der Waals surface area contributed by atoms with E-state index in [4.69, 9.17) is 5.11 Å². The van der Waals surface area contributed by atoms with Gasteiger partial charge in [0.25, 0.3) is 0 Å². The molecule has 0 saturated heterocycles. The summed E-state index contributed by atoms with van der Waals surface area (Å²) in [5.41, 5.74) is 0. The molecule has 0 heterocycles. The van der Waals surface area contributed by atoms with Crippen LogP contribution in [0.4, 0.5) is 0 Å². The SMILES string of the molecule is CCCCCCCCCCCC(=O)CN(CC(=O)O)C(C)C. The zero-order valence-electron chi connectivity index (χ0n) is 14.8. The van der Waals surface area contributed by atoms with Crippen molar-refractivity contribution in [3.05, 3.63) is 0 Å². The molecule has 0 spiro atoms. The van der Waals surface area contributed by atoms with Crippen LogP contribution in [-0.2, 0) is 9.59 Å². The number of carboxylic acid groups (broad SMARTS) is 1. The van der Waals surface area contributed by atoms with Crippen LogP contribution in [0, 0.1) is 0 Å². The molecule has 0 aliphatic heterocycles. The van der Waals surface area contributed by atoms with E-state index in [9.17, 15) is 9.59 Å². The standard InChI is InChI=1S/C18H35NO3/c1-4-5-6-7-8-9-10-11-12-13-17(20)14-19(16(2)3)15-18(21)22/h16H,4-15H2,1-3H3,(H,21,22). The van der Waals surface area contributed by atoms with Crippen LogP contribution in [0.15, 0.2) is 0 Å². The van der Waals surface area contributed by atoms with Crippen LogP contribution >= 0.6 is 0 Å². The molecule has 0 fully saturated rings. The van der Waals surface area contributed by atoms with E-state index in [1.165, 1.54) is 44.9 Å². The van der Waals surface area contributed by atoms with Crippen molar-refractivity contribution in [2.45, 2.75) is 91.0 Å². The van der Waals surface area contributed by atoms with E-state index < -0.39 is 5.97 Å². The van der Waals surface area contributed by atoms with Gasteiger partial charge in [-0.1, -0.05) is 58.3 Å². The van der Waals surface area contributed by atoms with E-state index >= 15 is 0 Å². The van der Waals surface area contributed by atoms with Gasteiger partial charge < -0.3 is 5.11 Å². The molecule has 0 aromatic carbocycles. The number of unbranched alkanes of at least 4 members (excludes halogenated alkanes) is 8. The molecule has 130 valence electrons. The van der Waals surface area contributed by atoms with Gasteiger partial charge in [-0.25, -0.2) is 0 Å². The van der Waals surface area contributed by atoms with Crippen molar-refractivity contribution in [2.75, 3.05) is 13.1 Å². The van der Waals surface area contributed by atoms with Crippen LogP contribution < -0.4 is 0 Å². The fourth-order valence-corrected chi connectivity index (χ4v) is 2.53. The van der Waals surface area contributed by atoms with E-state index in [2.05, 4.69) is 6.92 Å². The van der Waals surface area contributed by atoms with E-state index in [1.807, 2.05) is 13.8 Å². The number of aliphatic carboxylic acids is 1. The van der Waals surface area contributed by atoms with Crippen molar-refractivity contribution in [3.63, 3.8) is 0 Å². The lowest BCUT2D eigenvalue weighted by atomic mass is 10.1. The fourth-order valence-electron chi connectivity index (χ4n) is 2.53. The first-order chi connectivity index (χ1) is 10.5. The fraction of sp³-hybridized carbons (Fsp3) is 0.889. The lowest BCUT2D eigenvalue weighted by Gasteiger charge is -2.23. The van der Waals surface area contributed by atoms with E-state index in [0.29, 0.717) is 6.42 Å². The maximum atomic E-state index is 11.9. The van der Waals surface area contributed by atoms with Crippen molar-refractivity contribution in [1.29, 1.82) is 0 Å². The number of carbonyl (C=O) groups is 2. The van der Waals surface area contributed by atoms with Gasteiger partial charge in [0.05, 0.1) is 13.1 Å². The lowest BCUT2D eigenvalue weighted by molar-refractivity contribution is -0.139. The van der Waals surface area contributed by atoms with E-state index in [0.717, 1.165) is 12.8 Å². The van der Waals surface area contributed by atoms with Gasteiger partial charge in [0.2, 0.25) is 0 Å². The van der Waals surface area contributed by atoms with Crippen LogP contribution in [0.25, 0.3) is 0 Å². The molecule has 0 amide bonds. The molecule has 4 heteroatoms. The maximum Gasteiger partial charge on any atom is 0.317 e. The zero-order valence-corrected chi connectivity index (χ0v) is 14.8. The zero-order chi connectivity index (χ0) is 16.8. The van der Waals surface area contributed by atoms with Crippen molar-refractivity contribution >= 4 is 11.8 Å². The minimum absolute atomic E-state index is 0.0544. The molecule has 0 aromatic heterocycles. The topological polar surface area (TPSA) is 57.6 Å². The first kappa shape index (κ1) is 21.1. The molecule has 0 aromatic rings. The molecule has 0 radical (unpaired) electrons. The second-order valence-electron chi connectivity index (χ2n) is 6.51.